The van der Waals surface area contributed by atoms with Crippen LogP contribution in [-0.4, -0.2) is 32.1 Å². The van der Waals surface area contributed by atoms with E-state index >= 15 is 0 Å². The van der Waals surface area contributed by atoms with Crippen LogP contribution in [0.25, 0.3) is 5.69 Å². The van der Waals surface area contributed by atoms with Crippen LogP contribution in [0.2, 0.25) is 0 Å². The van der Waals surface area contributed by atoms with Crippen molar-refractivity contribution in [2.75, 3.05) is 0 Å². The molecule has 2 aromatic rings. The highest BCUT2D eigenvalue weighted by atomic mass is 19.3. The van der Waals surface area contributed by atoms with E-state index in [2.05, 4.69) is 20.3 Å². The molecule has 0 bridgehead atoms. The van der Waals surface area contributed by atoms with Crippen LogP contribution in [0.3, 0.4) is 0 Å². The Labute approximate surface area is 136 Å². The van der Waals surface area contributed by atoms with Gasteiger partial charge in [-0.15, -0.1) is 0 Å². The first-order valence-electron chi connectivity index (χ1n) is 7.15. The van der Waals surface area contributed by atoms with Crippen molar-refractivity contribution >= 4 is 5.71 Å². The summed E-state index contributed by atoms with van der Waals surface area (Å²) >= 11 is 0. The number of tetrazole rings is 1. The normalized spacial score (nSPS) is 11.8. The lowest BCUT2D eigenvalue weighted by Crippen LogP contribution is -2.23. The van der Waals surface area contributed by atoms with Crippen molar-refractivity contribution in [2.45, 2.75) is 33.5 Å². The second kappa shape index (κ2) is 7.66. The van der Waals surface area contributed by atoms with Gasteiger partial charge in [0.1, 0.15) is 12.4 Å². The second-order valence-electron chi connectivity index (χ2n) is 4.88. The van der Waals surface area contributed by atoms with Gasteiger partial charge in [0.05, 0.1) is 17.0 Å². The Morgan fingerprint density at radius 1 is 1.38 bits per heavy atom. The molecule has 0 radical (unpaired) electrons. The van der Waals surface area contributed by atoms with E-state index in [0.717, 1.165) is 15.1 Å². The Morgan fingerprint density at radius 2 is 2.12 bits per heavy atom. The highest BCUT2D eigenvalue weighted by Gasteiger charge is 2.18. The molecular formula is C14H17F2N5O3. The third-order valence-corrected chi connectivity index (χ3v) is 3.22. The summed E-state index contributed by atoms with van der Waals surface area (Å²) in [6.45, 7) is 0.493. The number of hydrogen-bond donors (Lipinski definition) is 0. The predicted octanol–water partition coefficient (Wildman–Crippen LogP) is 1.87. The largest absolute Gasteiger partial charge is 0.434 e. The van der Waals surface area contributed by atoms with Crippen LogP contribution in [0.1, 0.15) is 25.8 Å². The van der Waals surface area contributed by atoms with Crippen LogP contribution < -0.4 is 10.4 Å². The minimum absolute atomic E-state index is 0.121. The van der Waals surface area contributed by atoms with Crippen molar-refractivity contribution in [1.82, 2.24) is 19.8 Å². The molecule has 0 N–H and O–H groups in total. The number of alkyl halides is 2. The van der Waals surface area contributed by atoms with E-state index in [1.54, 1.807) is 6.92 Å². The van der Waals surface area contributed by atoms with Gasteiger partial charge in [0, 0.05) is 7.05 Å². The molecule has 0 saturated carbocycles. The van der Waals surface area contributed by atoms with Gasteiger partial charge in [0.15, 0.2) is 0 Å². The summed E-state index contributed by atoms with van der Waals surface area (Å²) in [4.78, 5) is 17.2. The van der Waals surface area contributed by atoms with Crippen molar-refractivity contribution in [3.63, 3.8) is 0 Å². The van der Waals surface area contributed by atoms with E-state index in [0.29, 0.717) is 6.42 Å². The minimum Gasteiger partial charge on any atom is -0.434 e. The lowest BCUT2D eigenvalue weighted by molar-refractivity contribution is -0.0513. The molecule has 130 valence electrons. The summed E-state index contributed by atoms with van der Waals surface area (Å²) in [5.74, 6) is -0.121. The Morgan fingerprint density at radius 3 is 2.71 bits per heavy atom. The van der Waals surface area contributed by atoms with Crippen molar-refractivity contribution in [2.24, 2.45) is 12.2 Å². The summed E-state index contributed by atoms with van der Waals surface area (Å²) in [5.41, 5.74) is 0.655. The zero-order chi connectivity index (χ0) is 17.7. The molecule has 0 atom stereocenters. The van der Waals surface area contributed by atoms with Crippen LogP contribution in [0.15, 0.2) is 28.1 Å². The van der Waals surface area contributed by atoms with Gasteiger partial charge in [-0.05, 0) is 35.9 Å². The summed E-state index contributed by atoms with van der Waals surface area (Å²) < 4.78 is 31.8. The topological polar surface area (TPSA) is 83.5 Å². The SMILES string of the molecule is CCC(C)=NOCc1c(OC(F)F)cccc1-n1nnn(C)c1=O. The van der Waals surface area contributed by atoms with Gasteiger partial charge in [-0.25, -0.2) is 4.79 Å². The first-order chi connectivity index (χ1) is 11.4. The lowest BCUT2D eigenvalue weighted by atomic mass is 10.1. The average Bonchev–Trinajstić information content (AvgIpc) is 2.87. The summed E-state index contributed by atoms with van der Waals surface area (Å²) in [6.07, 6.45) is 0.686. The lowest BCUT2D eigenvalue weighted by Gasteiger charge is -2.13. The number of aryl methyl sites for hydroxylation is 1. The number of aromatic nitrogens is 4. The smallest absolute Gasteiger partial charge is 0.387 e. The van der Waals surface area contributed by atoms with Crippen LogP contribution in [0, 0.1) is 0 Å². The number of hydrogen-bond acceptors (Lipinski definition) is 6. The van der Waals surface area contributed by atoms with E-state index < -0.39 is 12.3 Å². The number of benzene rings is 1. The maximum absolute atomic E-state index is 12.6. The summed E-state index contributed by atoms with van der Waals surface area (Å²) in [7, 11) is 1.43. The highest BCUT2D eigenvalue weighted by molar-refractivity contribution is 5.80. The predicted molar refractivity (Wildman–Crippen MR) is 81.4 cm³/mol. The van der Waals surface area contributed by atoms with Gasteiger partial charge in [0.25, 0.3) is 0 Å². The molecule has 1 aromatic carbocycles. The zero-order valence-electron chi connectivity index (χ0n) is 13.4. The molecule has 1 aromatic heterocycles. The van der Waals surface area contributed by atoms with Gasteiger partial charge in [-0.2, -0.15) is 18.1 Å². The third kappa shape index (κ3) is 3.94. The van der Waals surface area contributed by atoms with Crippen molar-refractivity contribution in [3.05, 3.63) is 34.2 Å². The molecule has 0 amide bonds. The van der Waals surface area contributed by atoms with Crippen molar-refractivity contribution in [1.29, 1.82) is 0 Å². The maximum atomic E-state index is 12.6. The fourth-order valence-corrected chi connectivity index (χ4v) is 1.84. The van der Waals surface area contributed by atoms with Gasteiger partial charge in [-0.1, -0.05) is 18.1 Å². The van der Waals surface area contributed by atoms with Crippen LogP contribution >= 0.6 is 0 Å². The first kappa shape index (κ1) is 17.6. The van der Waals surface area contributed by atoms with Gasteiger partial charge < -0.3 is 9.57 Å². The fraction of sp³-hybridized carbons (Fsp3) is 0.429. The zero-order valence-corrected chi connectivity index (χ0v) is 13.4. The third-order valence-electron chi connectivity index (χ3n) is 3.22. The monoisotopic (exact) mass is 341 g/mol. The average molecular weight is 341 g/mol. The van der Waals surface area contributed by atoms with E-state index in [-0.39, 0.29) is 23.6 Å². The van der Waals surface area contributed by atoms with Gasteiger partial charge in [-0.3, -0.25) is 0 Å². The van der Waals surface area contributed by atoms with Crippen LogP contribution in [-0.2, 0) is 18.5 Å². The number of nitrogens with zero attached hydrogens (tertiary/aromatic N) is 5. The number of halogens is 2. The quantitative estimate of drug-likeness (QED) is 0.567. The standard InChI is InChI=1S/C14H17F2N5O3/c1-4-9(2)17-23-8-10-11(21-14(22)20(3)18-19-21)6-5-7-12(10)24-13(15)16/h5-7,13H,4,8H2,1-3H3. The molecular weight excluding hydrogens is 324 g/mol. The van der Waals surface area contributed by atoms with E-state index in [1.165, 1.54) is 25.2 Å². The van der Waals surface area contributed by atoms with Gasteiger partial charge >= 0.3 is 12.3 Å². The van der Waals surface area contributed by atoms with Crippen LogP contribution in [0.4, 0.5) is 8.78 Å². The van der Waals surface area contributed by atoms with Crippen LogP contribution in [0.5, 0.6) is 5.75 Å². The van der Waals surface area contributed by atoms with E-state index in [4.69, 9.17) is 4.84 Å². The Balaban J connectivity index is 2.45. The molecule has 1 heterocycles. The van der Waals surface area contributed by atoms with Gasteiger partial charge in [0.2, 0.25) is 0 Å². The molecule has 0 aliphatic carbocycles. The molecule has 24 heavy (non-hydrogen) atoms. The minimum atomic E-state index is -3.02. The Bertz CT molecular complexity index is 785. The number of oxime groups is 1. The molecule has 0 spiro atoms. The molecule has 0 fully saturated rings. The summed E-state index contributed by atoms with van der Waals surface area (Å²) in [6, 6.07) is 4.36. The number of ether oxygens (including phenoxy) is 1. The van der Waals surface area contributed by atoms with Crippen molar-refractivity contribution in [3.8, 4) is 11.4 Å². The number of rotatable bonds is 7. The fourth-order valence-electron chi connectivity index (χ4n) is 1.84. The van der Waals surface area contributed by atoms with E-state index in [9.17, 15) is 13.6 Å². The second-order valence-corrected chi connectivity index (χ2v) is 4.88. The van der Waals surface area contributed by atoms with Crippen molar-refractivity contribution < 1.29 is 18.4 Å². The molecule has 0 aliphatic rings. The molecule has 0 aliphatic heterocycles. The molecule has 0 saturated heterocycles. The first-order valence-corrected chi connectivity index (χ1v) is 7.15. The maximum Gasteiger partial charge on any atom is 0.387 e. The highest BCUT2D eigenvalue weighted by Crippen LogP contribution is 2.27. The molecule has 10 heteroatoms. The summed E-state index contributed by atoms with van der Waals surface area (Å²) in [5, 5.41) is 11.2. The Hall–Kier alpha value is -2.78. The molecule has 0 unspecified atom stereocenters. The Kier molecular flexibility index (Phi) is 5.61. The molecule has 8 nitrogen and oxygen atoms in total. The molecule has 2 rings (SSSR count). The van der Waals surface area contributed by atoms with E-state index in [1.807, 2.05) is 6.92 Å².